The van der Waals surface area contributed by atoms with Crippen molar-refractivity contribution < 1.29 is 14.5 Å². The molecular weight excluding hydrogens is 234 g/mol. The van der Waals surface area contributed by atoms with E-state index >= 15 is 0 Å². The molecule has 0 bridgehead atoms. The summed E-state index contributed by atoms with van der Waals surface area (Å²) in [5.74, 6) is -0.658. The predicted molar refractivity (Wildman–Crippen MR) is 58.1 cm³/mol. The minimum Gasteiger partial charge on any atom is -0.457 e. The highest BCUT2D eigenvalue weighted by atomic mass is 35.5. The van der Waals surface area contributed by atoms with E-state index in [2.05, 4.69) is 6.58 Å². The number of ether oxygens (including phenoxy) is 1. The fraction of sp³-hybridized carbons (Fsp3) is 0.100. The highest BCUT2D eigenvalue weighted by molar-refractivity contribution is 6.31. The Hall–Kier alpha value is -1.88. The van der Waals surface area contributed by atoms with Crippen molar-refractivity contribution in [1.82, 2.24) is 0 Å². The molecule has 16 heavy (non-hydrogen) atoms. The highest BCUT2D eigenvalue weighted by Gasteiger charge is 2.17. The molecule has 0 saturated carbocycles. The van der Waals surface area contributed by atoms with Gasteiger partial charge in [0, 0.05) is 12.1 Å². The molecule has 0 amide bonds. The third-order valence-corrected chi connectivity index (χ3v) is 2.17. The Morgan fingerprint density at radius 1 is 1.62 bits per heavy atom. The zero-order chi connectivity index (χ0) is 12.1. The largest absolute Gasteiger partial charge is 0.457 e. The van der Waals surface area contributed by atoms with Crippen LogP contribution in [0.15, 0.2) is 30.9 Å². The molecule has 0 aromatic heterocycles. The number of rotatable bonds is 4. The smallest absolute Gasteiger partial charge is 0.330 e. The molecule has 0 saturated heterocycles. The van der Waals surface area contributed by atoms with Crippen LogP contribution in [0.3, 0.4) is 0 Å². The summed E-state index contributed by atoms with van der Waals surface area (Å²) >= 11 is 5.78. The van der Waals surface area contributed by atoms with Gasteiger partial charge in [0.15, 0.2) is 0 Å². The summed E-state index contributed by atoms with van der Waals surface area (Å²) in [6, 6.07) is 4.24. The quantitative estimate of drug-likeness (QED) is 0.351. The number of nitrogens with zero attached hydrogens (tertiary/aromatic N) is 1. The second-order valence-corrected chi connectivity index (χ2v) is 3.21. The van der Waals surface area contributed by atoms with Crippen LogP contribution in [0.2, 0.25) is 5.02 Å². The number of halogens is 1. The lowest BCUT2D eigenvalue weighted by molar-refractivity contribution is -0.385. The van der Waals surface area contributed by atoms with Crippen molar-refractivity contribution in [1.29, 1.82) is 0 Å². The Bertz CT molecular complexity index is 444. The number of nitro benzene ring substituents is 1. The first kappa shape index (κ1) is 12.2. The van der Waals surface area contributed by atoms with Crippen LogP contribution in [0.4, 0.5) is 5.69 Å². The summed E-state index contributed by atoms with van der Waals surface area (Å²) < 4.78 is 4.70. The molecule has 6 heteroatoms. The van der Waals surface area contributed by atoms with Crippen LogP contribution in [0.5, 0.6) is 0 Å². The normalized spacial score (nSPS) is 9.56. The van der Waals surface area contributed by atoms with Gasteiger partial charge in [0.25, 0.3) is 5.69 Å². The number of hydrogen-bond acceptors (Lipinski definition) is 4. The van der Waals surface area contributed by atoms with Gasteiger partial charge >= 0.3 is 5.97 Å². The maximum atomic E-state index is 10.8. The molecule has 0 N–H and O–H groups in total. The van der Waals surface area contributed by atoms with Gasteiger partial charge in [-0.25, -0.2) is 4.79 Å². The van der Waals surface area contributed by atoms with Crippen LogP contribution in [0, 0.1) is 10.1 Å². The minimum absolute atomic E-state index is 0.171. The number of hydrogen-bond donors (Lipinski definition) is 0. The van der Waals surface area contributed by atoms with E-state index in [9.17, 15) is 14.9 Å². The number of nitro groups is 1. The van der Waals surface area contributed by atoms with Crippen molar-refractivity contribution >= 4 is 23.3 Å². The summed E-state index contributed by atoms with van der Waals surface area (Å²) in [7, 11) is 0. The maximum absolute atomic E-state index is 10.8. The third-order valence-electron chi connectivity index (χ3n) is 1.82. The van der Waals surface area contributed by atoms with Gasteiger partial charge in [-0.15, -0.1) is 0 Å². The lowest BCUT2D eigenvalue weighted by Crippen LogP contribution is -2.03. The SMILES string of the molecule is C=CC(=O)OCc1c(Cl)cccc1[N+](=O)[O-]. The van der Waals surface area contributed by atoms with E-state index in [1.54, 1.807) is 0 Å². The first-order valence-corrected chi connectivity index (χ1v) is 4.65. The van der Waals surface area contributed by atoms with E-state index in [0.717, 1.165) is 6.08 Å². The summed E-state index contributed by atoms with van der Waals surface area (Å²) in [5, 5.41) is 10.9. The van der Waals surface area contributed by atoms with Crippen molar-refractivity contribution in [2.24, 2.45) is 0 Å². The lowest BCUT2D eigenvalue weighted by Gasteiger charge is -2.05. The zero-order valence-corrected chi connectivity index (χ0v) is 8.94. The summed E-state index contributed by atoms with van der Waals surface area (Å²) in [5.41, 5.74) is -0.00581. The van der Waals surface area contributed by atoms with E-state index in [0.29, 0.717) is 0 Å². The van der Waals surface area contributed by atoms with Gasteiger partial charge in [0.2, 0.25) is 0 Å². The molecule has 5 nitrogen and oxygen atoms in total. The first-order chi connectivity index (χ1) is 7.56. The lowest BCUT2D eigenvalue weighted by atomic mass is 10.2. The maximum Gasteiger partial charge on any atom is 0.330 e. The van der Waals surface area contributed by atoms with E-state index in [1.165, 1.54) is 18.2 Å². The zero-order valence-electron chi connectivity index (χ0n) is 8.18. The Balaban J connectivity index is 2.97. The molecule has 1 aromatic carbocycles. The predicted octanol–water partition coefficient (Wildman–Crippen LogP) is 2.48. The highest BCUT2D eigenvalue weighted by Crippen LogP contribution is 2.26. The molecule has 0 aliphatic heterocycles. The molecule has 0 aliphatic rings. The van der Waals surface area contributed by atoms with Gasteiger partial charge in [-0.1, -0.05) is 24.2 Å². The molecule has 0 spiro atoms. The third kappa shape index (κ3) is 2.80. The molecule has 0 radical (unpaired) electrons. The van der Waals surface area contributed by atoms with Crippen molar-refractivity contribution in [3.8, 4) is 0 Å². The van der Waals surface area contributed by atoms with Gasteiger partial charge in [0.1, 0.15) is 6.61 Å². The summed E-state index contributed by atoms with van der Waals surface area (Å²) in [6.07, 6.45) is 0.975. The van der Waals surface area contributed by atoms with E-state index in [1.807, 2.05) is 0 Å². The van der Waals surface area contributed by atoms with Crippen LogP contribution in [0.1, 0.15) is 5.56 Å². The standard InChI is InChI=1S/C10H8ClNO4/c1-2-10(13)16-6-7-8(11)4-3-5-9(7)12(14)15/h2-5H,1,6H2. The Morgan fingerprint density at radius 3 is 2.88 bits per heavy atom. The van der Waals surface area contributed by atoms with Crippen LogP contribution in [-0.2, 0) is 16.1 Å². The van der Waals surface area contributed by atoms with Crippen LogP contribution in [-0.4, -0.2) is 10.9 Å². The van der Waals surface area contributed by atoms with Gasteiger partial charge in [0.05, 0.1) is 15.5 Å². The molecule has 1 aromatic rings. The van der Waals surface area contributed by atoms with Crippen molar-refractivity contribution in [2.45, 2.75) is 6.61 Å². The molecule has 1 rings (SSSR count). The minimum atomic E-state index is -0.658. The van der Waals surface area contributed by atoms with Gasteiger partial charge < -0.3 is 4.74 Å². The van der Waals surface area contributed by atoms with Crippen LogP contribution < -0.4 is 0 Å². The van der Waals surface area contributed by atoms with E-state index < -0.39 is 10.9 Å². The topological polar surface area (TPSA) is 69.4 Å². The van der Waals surface area contributed by atoms with Gasteiger partial charge in [-0.2, -0.15) is 0 Å². The number of esters is 1. The second kappa shape index (κ2) is 5.27. The number of benzene rings is 1. The molecule has 0 heterocycles. The molecule has 84 valence electrons. The molecule has 0 aliphatic carbocycles. The fourth-order valence-electron chi connectivity index (χ4n) is 1.06. The van der Waals surface area contributed by atoms with Crippen LogP contribution >= 0.6 is 11.6 Å². The van der Waals surface area contributed by atoms with Crippen molar-refractivity contribution in [3.63, 3.8) is 0 Å². The molecule has 0 unspecified atom stereocenters. The average molecular weight is 242 g/mol. The van der Waals surface area contributed by atoms with Crippen molar-refractivity contribution in [3.05, 3.63) is 51.6 Å². The second-order valence-electron chi connectivity index (χ2n) is 2.81. The molecule has 0 atom stereocenters. The Kier molecular flexibility index (Phi) is 4.02. The van der Waals surface area contributed by atoms with Gasteiger partial charge in [-0.05, 0) is 6.07 Å². The monoisotopic (exact) mass is 241 g/mol. The van der Waals surface area contributed by atoms with Crippen LogP contribution in [0.25, 0.3) is 0 Å². The first-order valence-electron chi connectivity index (χ1n) is 4.27. The number of carbonyl (C=O) groups is 1. The van der Waals surface area contributed by atoms with Crippen molar-refractivity contribution in [2.75, 3.05) is 0 Å². The fourth-order valence-corrected chi connectivity index (χ4v) is 1.29. The number of carbonyl (C=O) groups excluding carboxylic acids is 1. The van der Waals surface area contributed by atoms with E-state index in [4.69, 9.17) is 16.3 Å². The Labute approximate surface area is 96.4 Å². The van der Waals surface area contributed by atoms with E-state index in [-0.39, 0.29) is 22.9 Å². The Morgan fingerprint density at radius 2 is 2.31 bits per heavy atom. The molecular formula is C10H8ClNO4. The molecule has 0 fully saturated rings. The average Bonchev–Trinajstić information content (AvgIpc) is 2.26. The van der Waals surface area contributed by atoms with Gasteiger partial charge in [-0.3, -0.25) is 10.1 Å². The summed E-state index contributed by atoms with van der Waals surface area (Å²) in [4.78, 5) is 20.9. The summed E-state index contributed by atoms with van der Waals surface area (Å²) in [6.45, 7) is 2.96.